The molecular weight excluding hydrogens is 228 g/mol. The molecule has 0 amide bonds. The van der Waals surface area contributed by atoms with E-state index in [2.05, 4.69) is 27.2 Å². The van der Waals surface area contributed by atoms with Crippen molar-refractivity contribution in [3.05, 3.63) is 17.8 Å². The van der Waals surface area contributed by atoms with Crippen molar-refractivity contribution in [2.24, 2.45) is 5.73 Å². The van der Waals surface area contributed by atoms with Gasteiger partial charge in [-0.3, -0.25) is 0 Å². The summed E-state index contributed by atoms with van der Waals surface area (Å²) in [6.45, 7) is 2.96. The zero-order valence-corrected chi connectivity index (χ0v) is 10.6. The molecule has 0 radical (unpaired) electrons. The van der Waals surface area contributed by atoms with E-state index in [1.165, 1.54) is 19.3 Å². The fourth-order valence-corrected chi connectivity index (χ4v) is 2.50. The molecule has 0 aromatic carbocycles. The van der Waals surface area contributed by atoms with Gasteiger partial charge >= 0.3 is 0 Å². The van der Waals surface area contributed by atoms with Crippen LogP contribution in [-0.2, 0) is 4.74 Å². The summed E-state index contributed by atoms with van der Waals surface area (Å²) in [4.78, 5) is 2.21. The number of nitrogens with two attached hydrogens (primary N) is 1. The first-order valence-electron chi connectivity index (χ1n) is 6.77. The second kappa shape index (κ2) is 5.20. The summed E-state index contributed by atoms with van der Waals surface area (Å²) in [7, 11) is 0. The van der Waals surface area contributed by atoms with Crippen LogP contribution in [0.25, 0.3) is 0 Å². The summed E-state index contributed by atoms with van der Waals surface area (Å²) in [5.74, 6) is 1.59. The third-order valence-corrected chi connectivity index (χ3v) is 3.92. The van der Waals surface area contributed by atoms with Crippen molar-refractivity contribution in [3.8, 4) is 0 Å². The van der Waals surface area contributed by atoms with Crippen LogP contribution in [0.1, 0.15) is 30.9 Å². The maximum absolute atomic E-state index is 5.65. The third-order valence-electron chi connectivity index (χ3n) is 3.92. The second-order valence-corrected chi connectivity index (χ2v) is 5.12. The molecule has 5 nitrogen and oxygen atoms in total. The van der Waals surface area contributed by atoms with Gasteiger partial charge in [0.05, 0.1) is 18.4 Å². The molecule has 2 heterocycles. The predicted molar refractivity (Wildman–Crippen MR) is 69.6 cm³/mol. The number of aromatic nitrogens is 2. The van der Waals surface area contributed by atoms with E-state index in [9.17, 15) is 0 Å². The first kappa shape index (κ1) is 11.9. The van der Waals surface area contributed by atoms with Gasteiger partial charge in [-0.25, -0.2) is 0 Å². The Bertz CT molecular complexity index is 390. The Labute approximate surface area is 107 Å². The Morgan fingerprint density at radius 2 is 2.22 bits per heavy atom. The third kappa shape index (κ3) is 2.33. The van der Waals surface area contributed by atoms with Gasteiger partial charge in [0.25, 0.3) is 0 Å². The van der Waals surface area contributed by atoms with Gasteiger partial charge in [-0.05, 0) is 25.0 Å². The van der Waals surface area contributed by atoms with Crippen LogP contribution in [0.15, 0.2) is 12.1 Å². The Hall–Kier alpha value is -1.20. The van der Waals surface area contributed by atoms with Crippen molar-refractivity contribution < 1.29 is 4.74 Å². The minimum absolute atomic E-state index is 0.117. The number of morpholine rings is 1. The first-order valence-corrected chi connectivity index (χ1v) is 6.77. The van der Waals surface area contributed by atoms with Crippen LogP contribution in [0.2, 0.25) is 0 Å². The van der Waals surface area contributed by atoms with E-state index in [-0.39, 0.29) is 6.10 Å². The standard InChI is InChI=1S/C13H20N4O/c14-8-11-9-17(6-7-18-11)13-5-4-12(15-16-13)10-2-1-3-10/h4-5,10-11H,1-3,6-9,14H2. The average molecular weight is 248 g/mol. The van der Waals surface area contributed by atoms with Crippen molar-refractivity contribution in [2.75, 3.05) is 31.1 Å². The predicted octanol–water partition coefficient (Wildman–Crippen LogP) is 0.908. The molecule has 1 saturated heterocycles. The molecule has 18 heavy (non-hydrogen) atoms. The maximum atomic E-state index is 5.65. The average Bonchev–Trinajstić information content (AvgIpc) is 2.38. The molecule has 3 rings (SSSR count). The van der Waals surface area contributed by atoms with E-state index in [0.29, 0.717) is 19.1 Å². The van der Waals surface area contributed by atoms with Crippen molar-refractivity contribution in [1.29, 1.82) is 0 Å². The van der Waals surface area contributed by atoms with Crippen LogP contribution in [0.3, 0.4) is 0 Å². The second-order valence-electron chi connectivity index (χ2n) is 5.12. The smallest absolute Gasteiger partial charge is 0.151 e. The SMILES string of the molecule is NCC1CN(c2ccc(C3CCC3)nn2)CCO1. The molecule has 0 bridgehead atoms. The number of hydrogen-bond acceptors (Lipinski definition) is 5. The highest BCUT2D eigenvalue weighted by molar-refractivity contribution is 5.38. The molecule has 0 spiro atoms. The van der Waals surface area contributed by atoms with Gasteiger partial charge in [0, 0.05) is 25.6 Å². The van der Waals surface area contributed by atoms with Gasteiger partial charge < -0.3 is 15.4 Å². The molecule has 1 aromatic rings. The Morgan fingerprint density at radius 3 is 2.83 bits per heavy atom. The lowest BCUT2D eigenvalue weighted by molar-refractivity contribution is 0.0462. The van der Waals surface area contributed by atoms with Gasteiger partial charge in [-0.15, -0.1) is 5.10 Å². The number of anilines is 1. The summed E-state index contributed by atoms with van der Waals surface area (Å²) in [5.41, 5.74) is 6.79. The zero-order chi connectivity index (χ0) is 12.4. The number of ether oxygens (including phenoxy) is 1. The number of rotatable bonds is 3. The summed E-state index contributed by atoms with van der Waals surface area (Å²) >= 11 is 0. The van der Waals surface area contributed by atoms with Crippen LogP contribution in [0.4, 0.5) is 5.82 Å². The van der Waals surface area contributed by atoms with Crippen molar-refractivity contribution in [1.82, 2.24) is 10.2 Å². The van der Waals surface area contributed by atoms with E-state index in [1.54, 1.807) is 0 Å². The van der Waals surface area contributed by atoms with Gasteiger partial charge in [-0.1, -0.05) is 6.42 Å². The van der Waals surface area contributed by atoms with Gasteiger partial charge in [-0.2, -0.15) is 5.10 Å². The van der Waals surface area contributed by atoms with E-state index in [1.807, 2.05) is 0 Å². The quantitative estimate of drug-likeness (QED) is 0.861. The lowest BCUT2D eigenvalue weighted by Crippen LogP contribution is -2.46. The molecule has 1 aliphatic carbocycles. The fraction of sp³-hybridized carbons (Fsp3) is 0.692. The molecule has 1 unspecified atom stereocenters. The lowest BCUT2D eigenvalue weighted by atomic mass is 9.83. The Kier molecular flexibility index (Phi) is 3.43. The van der Waals surface area contributed by atoms with Crippen molar-refractivity contribution >= 4 is 5.82 Å². The van der Waals surface area contributed by atoms with Crippen LogP contribution in [-0.4, -0.2) is 42.5 Å². The fourth-order valence-electron chi connectivity index (χ4n) is 2.50. The summed E-state index contributed by atoms with van der Waals surface area (Å²) in [5, 5.41) is 8.72. The zero-order valence-electron chi connectivity index (χ0n) is 10.6. The molecule has 98 valence electrons. The van der Waals surface area contributed by atoms with E-state index >= 15 is 0 Å². The van der Waals surface area contributed by atoms with E-state index < -0.39 is 0 Å². The topological polar surface area (TPSA) is 64.3 Å². The van der Waals surface area contributed by atoms with E-state index in [0.717, 1.165) is 24.6 Å². The van der Waals surface area contributed by atoms with Crippen LogP contribution in [0.5, 0.6) is 0 Å². The van der Waals surface area contributed by atoms with Gasteiger partial charge in [0.2, 0.25) is 0 Å². The van der Waals surface area contributed by atoms with Crippen LogP contribution >= 0.6 is 0 Å². The van der Waals surface area contributed by atoms with Gasteiger partial charge in [0.15, 0.2) is 5.82 Å². The number of hydrogen-bond donors (Lipinski definition) is 1. The van der Waals surface area contributed by atoms with Crippen LogP contribution < -0.4 is 10.6 Å². The summed E-state index contributed by atoms with van der Waals surface area (Å²) < 4.78 is 5.55. The normalized spacial score (nSPS) is 24.9. The highest BCUT2D eigenvalue weighted by atomic mass is 16.5. The first-order chi connectivity index (χ1) is 8.86. The van der Waals surface area contributed by atoms with Gasteiger partial charge in [0.1, 0.15) is 0 Å². The Morgan fingerprint density at radius 1 is 1.33 bits per heavy atom. The van der Waals surface area contributed by atoms with Crippen LogP contribution in [0, 0.1) is 0 Å². The minimum Gasteiger partial charge on any atom is -0.373 e. The Balaban J connectivity index is 1.67. The number of nitrogens with zero attached hydrogens (tertiary/aromatic N) is 3. The molecular formula is C13H20N4O. The van der Waals surface area contributed by atoms with Crippen molar-refractivity contribution in [3.63, 3.8) is 0 Å². The highest BCUT2D eigenvalue weighted by Crippen LogP contribution is 2.35. The lowest BCUT2D eigenvalue weighted by Gasteiger charge is -2.33. The highest BCUT2D eigenvalue weighted by Gasteiger charge is 2.23. The molecule has 1 saturated carbocycles. The minimum atomic E-state index is 0.117. The maximum Gasteiger partial charge on any atom is 0.151 e. The van der Waals surface area contributed by atoms with Crippen molar-refractivity contribution in [2.45, 2.75) is 31.3 Å². The molecule has 5 heteroatoms. The van der Waals surface area contributed by atoms with E-state index in [4.69, 9.17) is 10.5 Å². The molecule has 2 fully saturated rings. The molecule has 1 atom stereocenters. The molecule has 1 aromatic heterocycles. The molecule has 1 aliphatic heterocycles. The monoisotopic (exact) mass is 248 g/mol. The largest absolute Gasteiger partial charge is 0.373 e. The molecule has 2 N–H and O–H groups in total. The summed E-state index contributed by atoms with van der Waals surface area (Å²) in [6, 6.07) is 4.21. The molecule has 2 aliphatic rings. The summed E-state index contributed by atoms with van der Waals surface area (Å²) in [6.07, 6.45) is 3.98.